The Balaban J connectivity index is 2.48. The number of sulfone groups is 1. The maximum Gasteiger partial charge on any atom is 0.175 e. The fourth-order valence-corrected chi connectivity index (χ4v) is 3.34. The molecule has 0 aromatic heterocycles. The fourth-order valence-electron chi connectivity index (χ4n) is 2.61. The van der Waals surface area contributed by atoms with Crippen molar-refractivity contribution in [3.8, 4) is 0 Å². The molecule has 3 nitrogen and oxygen atoms in total. The normalized spacial score (nSPS) is 20.9. The highest BCUT2D eigenvalue weighted by Gasteiger charge is 2.20. The average molecular weight is 267 g/mol. The Morgan fingerprint density at radius 2 is 2.00 bits per heavy atom. The SMILES string of the molecule is Cc1cc(S(C)(=O)=O)cc(C2CCCNC2)c1C. The van der Waals surface area contributed by atoms with Crippen molar-refractivity contribution in [1.82, 2.24) is 5.32 Å². The van der Waals surface area contributed by atoms with Crippen LogP contribution >= 0.6 is 0 Å². The van der Waals surface area contributed by atoms with Crippen molar-refractivity contribution in [2.45, 2.75) is 37.5 Å². The van der Waals surface area contributed by atoms with E-state index in [0.717, 1.165) is 31.5 Å². The quantitative estimate of drug-likeness (QED) is 0.893. The molecule has 0 bridgehead atoms. The molecule has 1 aromatic rings. The Kier molecular flexibility index (Phi) is 3.78. The smallest absolute Gasteiger partial charge is 0.175 e. The molecule has 0 amide bonds. The minimum Gasteiger partial charge on any atom is -0.316 e. The lowest BCUT2D eigenvalue weighted by atomic mass is 9.87. The molecular weight excluding hydrogens is 246 g/mol. The van der Waals surface area contributed by atoms with Crippen molar-refractivity contribution >= 4 is 9.84 Å². The maximum absolute atomic E-state index is 11.7. The van der Waals surface area contributed by atoms with Gasteiger partial charge in [-0.1, -0.05) is 0 Å². The van der Waals surface area contributed by atoms with Crippen LogP contribution < -0.4 is 5.32 Å². The molecule has 1 aliphatic heterocycles. The van der Waals surface area contributed by atoms with Crippen molar-refractivity contribution in [2.75, 3.05) is 19.3 Å². The monoisotopic (exact) mass is 267 g/mol. The van der Waals surface area contributed by atoms with E-state index in [0.29, 0.717) is 10.8 Å². The van der Waals surface area contributed by atoms with Crippen molar-refractivity contribution < 1.29 is 8.42 Å². The minimum absolute atomic E-state index is 0.444. The summed E-state index contributed by atoms with van der Waals surface area (Å²) in [7, 11) is -3.12. The minimum atomic E-state index is -3.12. The largest absolute Gasteiger partial charge is 0.316 e. The van der Waals surface area contributed by atoms with E-state index in [1.807, 2.05) is 13.0 Å². The second-order valence-corrected chi connectivity index (χ2v) is 7.29. The topological polar surface area (TPSA) is 46.2 Å². The van der Waals surface area contributed by atoms with E-state index in [2.05, 4.69) is 12.2 Å². The molecule has 1 fully saturated rings. The lowest BCUT2D eigenvalue weighted by molar-refractivity contribution is 0.459. The van der Waals surface area contributed by atoms with E-state index < -0.39 is 9.84 Å². The predicted octanol–water partition coefficient (Wildman–Crippen LogP) is 2.17. The number of nitrogens with one attached hydrogen (secondary N) is 1. The average Bonchev–Trinajstić information content (AvgIpc) is 2.32. The van der Waals surface area contributed by atoms with Crippen LogP contribution in [0, 0.1) is 13.8 Å². The highest BCUT2D eigenvalue weighted by atomic mass is 32.2. The van der Waals surface area contributed by atoms with E-state index in [1.165, 1.54) is 17.4 Å². The van der Waals surface area contributed by atoms with E-state index in [9.17, 15) is 8.42 Å². The van der Waals surface area contributed by atoms with Crippen molar-refractivity contribution in [2.24, 2.45) is 0 Å². The number of hydrogen-bond acceptors (Lipinski definition) is 3. The summed E-state index contributed by atoms with van der Waals surface area (Å²) in [6, 6.07) is 3.65. The number of benzene rings is 1. The molecule has 2 rings (SSSR count). The van der Waals surface area contributed by atoms with Crippen LogP contribution in [0.2, 0.25) is 0 Å². The van der Waals surface area contributed by atoms with Gasteiger partial charge in [0, 0.05) is 12.8 Å². The van der Waals surface area contributed by atoms with E-state index in [1.54, 1.807) is 6.07 Å². The van der Waals surface area contributed by atoms with Crippen LogP contribution in [0.5, 0.6) is 0 Å². The third kappa shape index (κ3) is 2.75. The van der Waals surface area contributed by atoms with Gasteiger partial charge in [0.05, 0.1) is 4.90 Å². The van der Waals surface area contributed by atoms with Gasteiger partial charge >= 0.3 is 0 Å². The fraction of sp³-hybridized carbons (Fsp3) is 0.571. The zero-order valence-corrected chi connectivity index (χ0v) is 12.1. The molecule has 0 radical (unpaired) electrons. The Morgan fingerprint density at radius 3 is 2.56 bits per heavy atom. The first-order valence-electron chi connectivity index (χ1n) is 6.41. The molecule has 1 atom stereocenters. The number of rotatable bonds is 2. The summed E-state index contributed by atoms with van der Waals surface area (Å²) in [4.78, 5) is 0.450. The summed E-state index contributed by atoms with van der Waals surface area (Å²) < 4.78 is 23.4. The summed E-state index contributed by atoms with van der Waals surface area (Å²) in [6.45, 7) is 6.10. The standard InChI is InChI=1S/C14H21NO2S/c1-10-7-13(18(3,16)17)8-14(11(10)2)12-5-4-6-15-9-12/h7-8,12,15H,4-6,9H2,1-3H3. The first-order chi connectivity index (χ1) is 8.39. The lowest BCUT2D eigenvalue weighted by Crippen LogP contribution is -2.29. The van der Waals surface area contributed by atoms with E-state index in [4.69, 9.17) is 0 Å². The van der Waals surface area contributed by atoms with Gasteiger partial charge in [0.1, 0.15) is 0 Å². The van der Waals surface area contributed by atoms with Crippen molar-refractivity contribution in [3.63, 3.8) is 0 Å². The summed E-state index contributed by atoms with van der Waals surface area (Å²) in [5, 5.41) is 3.39. The van der Waals surface area contributed by atoms with Crippen LogP contribution in [-0.2, 0) is 9.84 Å². The third-order valence-electron chi connectivity index (χ3n) is 3.85. The van der Waals surface area contributed by atoms with Gasteiger partial charge in [-0.2, -0.15) is 0 Å². The van der Waals surface area contributed by atoms with Gasteiger partial charge in [0.2, 0.25) is 0 Å². The van der Waals surface area contributed by atoms with Gasteiger partial charge in [-0.05, 0) is 68.0 Å². The molecule has 4 heteroatoms. The van der Waals surface area contributed by atoms with Gasteiger partial charge in [0.25, 0.3) is 0 Å². The van der Waals surface area contributed by atoms with Gasteiger partial charge < -0.3 is 5.32 Å². The molecule has 100 valence electrons. The van der Waals surface area contributed by atoms with Crippen LogP contribution in [-0.4, -0.2) is 27.8 Å². The van der Waals surface area contributed by atoms with Crippen LogP contribution in [0.1, 0.15) is 35.4 Å². The lowest BCUT2D eigenvalue weighted by Gasteiger charge is -2.25. The summed E-state index contributed by atoms with van der Waals surface area (Å²) in [5.74, 6) is 0.444. The van der Waals surface area contributed by atoms with Crippen molar-refractivity contribution in [3.05, 3.63) is 28.8 Å². The maximum atomic E-state index is 11.7. The molecule has 0 aliphatic carbocycles. The second kappa shape index (κ2) is 5.02. The first kappa shape index (κ1) is 13.6. The molecule has 1 aliphatic rings. The Morgan fingerprint density at radius 1 is 1.28 bits per heavy atom. The number of hydrogen-bond donors (Lipinski definition) is 1. The Hall–Kier alpha value is -0.870. The molecule has 1 aromatic carbocycles. The molecule has 1 saturated heterocycles. The Bertz CT molecular complexity index is 543. The van der Waals surface area contributed by atoms with Gasteiger partial charge in [-0.15, -0.1) is 0 Å². The second-order valence-electron chi connectivity index (χ2n) is 5.27. The Labute approximate surface area is 110 Å². The molecule has 0 spiro atoms. The van der Waals surface area contributed by atoms with Gasteiger partial charge in [-0.3, -0.25) is 0 Å². The number of piperidine rings is 1. The third-order valence-corrected chi connectivity index (χ3v) is 4.94. The molecule has 1 N–H and O–H groups in total. The summed E-state index contributed by atoms with van der Waals surface area (Å²) >= 11 is 0. The highest BCUT2D eigenvalue weighted by Crippen LogP contribution is 2.30. The van der Waals surface area contributed by atoms with Gasteiger partial charge in [-0.25, -0.2) is 8.42 Å². The zero-order valence-electron chi connectivity index (χ0n) is 11.3. The van der Waals surface area contributed by atoms with Crippen LogP contribution in [0.3, 0.4) is 0 Å². The van der Waals surface area contributed by atoms with Crippen LogP contribution in [0.15, 0.2) is 17.0 Å². The molecule has 1 heterocycles. The predicted molar refractivity (Wildman–Crippen MR) is 73.9 cm³/mol. The molecule has 1 unspecified atom stereocenters. The summed E-state index contributed by atoms with van der Waals surface area (Å²) in [5.41, 5.74) is 3.50. The van der Waals surface area contributed by atoms with Gasteiger partial charge in [0.15, 0.2) is 9.84 Å². The van der Waals surface area contributed by atoms with E-state index in [-0.39, 0.29) is 0 Å². The van der Waals surface area contributed by atoms with Crippen molar-refractivity contribution in [1.29, 1.82) is 0 Å². The molecule has 18 heavy (non-hydrogen) atoms. The van der Waals surface area contributed by atoms with E-state index >= 15 is 0 Å². The van der Waals surface area contributed by atoms with Crippen LogP contribution in [0.25, 0.3) is 0 Å². The first-order valence-corrected chi connectivity index (χ1v) is 8.30. The molecular formula is C14H21NO2S. The highest BCUT2D eigenvalue weighted by molar-refractivity contribution is 7.90. The summed E-state index contributed by atoms with van der Waals surface area (Å²) in [6.07, 6.45) is 3.58. The number of aryl methyl sites for hydroxylation is 1. The zero-order chi connectivity index (χ0) is 13.3. The van der Waals surface area contributed by atoms with Crippen LogP contribution in [0.4, 0.5) is 0 Å². The molecule has 0 saturated carbocycles.